The first-order valence-corrected chi connectivity index (χ1v) is 4.97. The van der Waals surface area contributed by atoms with Crippen LogP contribution in [0.5, 0.6) is 0 Å². The van der Waals surface area contributed by atoms with Gasteiger partial charge < -0.3 is 9.63 Å². The van der Waals surface area contributed by atoms with Crippen LogP contribution in [0.2, 0.25) is 0 Å². The van der Waals surface area contributed by atoms with Gasteiger partial charge in [0, 0.05) is 24.0 Å². The second-order valence-electron chi connectivity index (χ2n) is 3.28. The number of carboxylic acids is 1. The van der Waals surface area contributed by atoms with Gasteiger partial charge in [0.1, 0.15) is 5.69 Å². The number of nitrogens with zero attached hydrogens (tertiary/aromatic N) is 2. The number of alkyl halides is 3. The summed E-state index contributed by atoms with van der Waals surface area (Å²) < 4.78 is 36.7. The van der Waals surface area contributed by atoms with Crippen molar-refractivity contribution in [1.29, 1.82) is 0 Å². The minimum absolute atomic E-state index is 0.291. The Bertz CT molecular complexity index is 581. The molecule has 0 spiro atoms. The zero-order valence-electron chi connectivity index (χ0n) is 9.66. The number of rotatable bonds is 2. The van der Waals surface area contributed by atoms with Crippen LogP contribution in [0.25, 0.3) is 11.3 Å². The van der Waals surface area contributed by atoms with Gasteiger partial charge in [-0.3, -0.25) is 9.78 Å². The first-order valence-electron chi connectivity index (χ1n) is 4.97. The van der Waals surface area contributed by atoms with Crippen molar-refractivity contribution >= 4 is 12.3 Å². The van der Waals surface area contributed by atoms with Gasteiger partial charge in [0.05, 0.1) is 0 Å². The van der Waals surface area contributed by atoms with Crippen molar-refractivity contribution in [2.45, 2.75) is 6.18 Å². The maximum absolute atomic E-state index is 10.6. The standard InChI is InChI=1S/C9H6N2O2.C2HF3O2/c12-6-8-4-9(13-11-8)7-2-1-3-10-5-7;3-2(4,5)1(6)7/h1-6H;(H,6,7). The molecule has 2 aromatic rings. The third kappa shape index (κ3) is 4.52. The van der Waals surface area contributed by atoms with Crippen LogP contribution in [0.1, 0.15) is 10.5 Å². The second kappa shape index (κ2) is 6.45. The number of aldehydes is 1. The number of hydrogen-bond acceptors (Lipinski definition) is 5. The molecule has 0 unspecified atom stereocenters. The Hall–Kier alpha value is -2.71. The van der Waals surface area contributed by atoms with E-state index in [4.69, 9.17) is 14.4 Å². The maximum atomic E-state index is 10.6. The van der Waals surface area contributed by atoms with Crippen molar-refractivity contribution in [3.05, 3.63) is 36.3 Å². The molecule has 0 atom stereocenters. The van der Waals surface area contributed by atoms with E-state index in [2.05, 4.69) is 10.1 Å². The van der Waals surface area contributed by atoms with Gasteiger partial charge in [0.25, 0.3) is 0 Å². The summed E-state index contributed by atoms with van der Waals surface area (Å²) in [5.41, 5.74) is 1.10. The van der Waals surface area contributed by atoms with Crippen LogP contribution in [0.3, 0.4) is 0 Å². The fourth-order valence-electron chi connectivity index (χ4n) is 0.989. The van der Waals surface area contributed by atoms with Crippen molar-refractivity contribution in [3.63, 3.8) is 0 Å². The molecule has 0 saturated heterocycles. The summed E-state index contributed by atoms with van der Waals surface area (Å²) in [6.45, 7) is 0. The van der Waals surface area contributed by atoms with Gasteiger partial charge in [-0.15, -0.1) is 0 Å². The van der Waals surface area contributed by atoms with Gasteiger partial charge in [-0.2, -0.15) is 13.2 Å². The molecule has 0 aliphatic rings. The van der Waals surface area contributed by atoms with Crippen molar-refractivity contribution in [2.75, 3.05) is 0 Å². The van der Waals surface area contributed by atoms with E-state index in [1.54, 1.807) is 24.5 Å². The Morgan fingerprint density at radius 2 is 2.05 bits per heavy atom. The summed E-state index contributed by atoms with van der Waals surface area (Å²) in [5.74, 6) is -2.21. The average molecular weight is 288 g/mol. The molecule has 0 saturated carbocycles. The number of aromatic nitrogens is 2. The topological polar surface area (TPSA) is 93.3 Å². The van der Waals surface area contributed by atoms with Crippen LogP contribution >= 0.6 is 0 Å². The van der Waals surface area contributed by atoms with Crippen LogP contribution in [-0.4, -0.2) is 33.7 Å². The van der Waals surface area contributed by atoms with Gasteiger partial charge in [-0.25, -0.2) is 4.79 Å². The molecule has 0 fully saturated rings. The largest absolute Gasteiger partial charge is 0.490 e. The van der Waals surface area contributed by atoms with Gasteiger partial charge in [-0.05, 0) is 12.1 Å². The number of carbonyl (C=O) groups excluding carboxylic acids is 1. The summed E-state index contributed by atoms with van der Waals surface area (Å²) >= 11 is 0. The highest BCUT2D eigenvalue weighted by atomic mass is 19.4. The number of pyridine rings is 1. The average Bonchev–Trinajstić information content (AvgIpc) is 2.88. The molecular formula is C11H7F3N2O4. The molecule has 0 amide bonds. The lowest BCUT2D eigenvalue weighted by molar-refractivity contribution is -0.192. The Balaban J connectivity index is 0.000000246. The predicted molar refractivity (Wildman–Crippen MR) is 58.8 cm³/mol. The third-order valence-electron chi connectivity index (χ3n) is 1.84. The lowest BCUT2D eigenvalue weighted by Gasteiger charge is -1.93. The van der Waals surface area contributed by atoms with Crippen molar-refractivity contribution in [2.24, 2.45) is 0 Å². The van der Waals surface area contributed by atoms with Crippen LogP contribution in [0.15, 0.2) is 35.1 Å². The molecule has 9 heteroatoms. The van der Waals surface area contributed by atoms with E-state index in [-0.39, 0.29) is 0 Å². The minimum Gasteiger partial charge on any atom is -0.475 e. The smallest absolute Gasteiger partial charge is 0.475 e. The summed E-state index contributed by atoms with van der Waals surface area (Å²) in [7, 11) is 0. The Morgan fingerprint density at radius 1 is 1.40 bits per heavy atom. The molecule has 2 aromatic heterocycles. The summed E-state index contributed by atoms with van der Waals surface area (Å²) in [6.07, 6.45) is -1.13. The molecule has 1 N–H and O–H groups in total. The van der Waals surface area contributed by atoms with E-state index in [0.717, 1.165) is 5.56 Å². The van der Waals surface area contributed by atoms with Crippen LogP contribution in [-0.2, 0) is 4.79 Å². The van der Waals surface area contributed by atoms with Crippen molar-refractivity contribution in [1.82, 2.24) is 10.1 Å². The number of halogens is 3. The zero-order valence-corrected chi connectivity index (χ0v) is 9.66. The van der Waals surface area contributed by atoms with Crippen LogP contribution in [0.4, 0.5) is 13.2 Å². The van der Waals surface area contributed by atoms with Crippen molar-refractivity contribution in [3.8, 4) is 11.3 Å². The minimum atomic E-state index is -5.08. The van der Waals surface area contributed by atoms with E-state index in [1.165, 1.54) is 0 Å². The Kier molecular flexibility index (Phi) is 4.95. The fraction of sp³-hybridized carbons (Fsp3) is 0.0909. The lowest BCUT2D eigenvalue weighted by Crippen LogP contribution is -2.21. The first-order chi connectivity index (χ1) is 9.34. The van der Waals surface area contributed by atoms with Gasteiger partial charge in [-0.1, -0.05) is 5.16 Å². The maximum Gasteiger partial charge on any atom is 0.490 e. The van der Waals surface area contributed by atoms with E-state index in [1.807, 2.05) is 6.07 Å². The molecule has 20 heavy (non-hydrogen) atoms. The Labute approximate surface area is 109 Å². The van der Waals surface area contributed by atoms with Gasteiger partial charge >= 0.3 is 12.1 Å². The summed E-state index contributed by atoms with van der Waals surface area (Å²) in [6, 6.07) is 5.20. The lowest BCUT2D eigenvalue weighted by atomic mass is 10.2. The quantitative estimate of drug-likeness (QED) is 0.851. The molecule has 6 nitrogen and oxygen atoms in total. The SMILES string of the molecule is O=C(O)C(F)(F)F.O=Cc1cc(-c2cccnc2)on1. The van der Waals surface area contributed by atoms with E-state index in [9.17, 15) is 18.0 Å². The van der Waals surface area contributed by atoms with E-state index >= 15 is 0 Å². The molecule has 0 aliphatic heterocycles. The zero-order chi connectivity index (χ0) is 15.2. The fourth-order valence-corrected chi connectivity index (χ4v) is 0.989. The molecule has 106 valence electrons. The number of hydrogen-bond donors (Lipinski definition) is 1. The summed E-state index contributed by atoms with van der Waals surface area (Å²) in [5, 5.41) is 10.7. The molecule has 0 aromatic carbocycles. The van der Waals surface area contributed by atoms with Crippen LogP contribution < -0.4 is 0 Å². The third-order valence-corrected chi connectivity index (χ3v) is 1.84. The van der Waals surface area contributed by atoms with E-state index in [0.29, 0.717) is 17.7 Å². The normalized spacial score (nSPS) is 10.3. The van der Waals surface area contributed by atoms with Crippen LogP contribution in [0, 0.1) is 0 Å². The molecular weight excluding hydrogens is 281 g/mol. The highest BCUT2D eigenvalue weighted by Gasteiger charge is 2.38. The van der Waals surface area contributed by atoms with Gasteiger partial charge in [0.15, 0.2) is 12.0 Å². The second-order valence-corrected chi connectivity index (χ2v) is 3.28. The summed E-state index contributed by atoms with van der Waals surface area (Å²) in [4.78, 5) is 23.1. The molecule has 0 aliphatic carbocycles. The highest BCUT2D eigenvalue weighted by molar-refractivity contribution is 5.74. The van der Waals surface area contributed by atoms with E-state index < -0.39 is 12.1 Å². The Morgan fingerprint density at radius 3 is 2.45 bits per heavy atom. The number of aliphatic carboxylic acids is 1. The number of carboxylic acid groups (broad SMARTS) is 1. The highest BCUT2D eigenvalue weighted by Crippen LogP contribution is 2.17. The predicted octanol–water partition coefficient (Wildman–Crippen LogP) is 2.18. The molecule has 0 radical (unpaired) electrons. The number of carbonyl (C=O) groups is 2. The monoisotopic (exact) mass is 288 g/mol. The molecule has 2 heterocycles. The molecule has 2 rings (SSSR count). The van der Waals surface area contributed by atoms with Crippen molar-refractivity contribution < 1.29 is 32.4 Å². The molecule has 0 bridgehead atoms. The van der Waals surface area contributed by atoms with Gasteiger partial charge in [0.2, 0.25) is 0 Å². The first kappa shape index (κ1) is 15.3.